The van der Waals surface area contributed by atoms with E-state index in [1.165, 1.54) is 148 Å². The first-order valence-corrected chi connectivity index (χ1v) is 25.3. The van der Waals surface area contributed by atoms with E-state index in [9.17, 15) is 15.0 Å². The molecule has 0 heterocycles. The van der Waals surface area contributed by atoms with Crippen LogP contribution in [0.2, 0.25) is 0 Å². The maximum Gasteiger partial charge on any atom is 0.220 e. The molecule has 2 unspecified atom stereocenters. The minimum absolute atomic E-state index is 0.0824. The molecular weight excluding hydrogens is 723 g/mol. The Balaban J connectivity index is 3.62. The van der Waals surface area contributed by atoms with Crippen LogP contribution in [0.4, 0.5) is 0 Å². The van der Waals surface area contributed by atoms with Crippen LogP contribution in [-0.2, 0) is 4.79 Å². The topological polar surface area (TPSA) is 69.6 Å². The smallest absolute Gasteiger partial charge is 0.220 e. The van der Waals surface area contributed by atoms with Crippen LogP contribution < -0.4 is 5.32 Å². The molecule has 0 fully saturated rings. The van der Waals surface area contributed by atoms with Crippen LogP contribution in [0, 0.1) is 0 Å². The van der Waals surface area contributed by atoms with Gasteiger partial charge < -0.3 is 15.5 Å². The van der Waals surface area contributed by atoms with Crippen LogP contribution >= 0.6 is 0 Å². The van der Waals surface area contributed by atoms with Crippen molar-refractivity contribution < 1.29 is 15.0 Å². The number of carbonyl (C=O) groups is 1. The number of aliphatic hydroxyl groups excluding tert-OH is 2. The summed E-state index contributed by atoms with van der Waals surface area (Å²) in [5.74, 6) is -0.0824. The van der Waals surface area contributed by atoms with Crippen LogP contribution in [0.25, 0.3) is 0 Å². The first kappa shape index (κ1) is 56.6. The van der Waals surface area contributed by atoms with Gasteiger partial charge in [0.2, 0.25) is 5.91 Å². The van der Waals surface area contributed by atoms with Crippen molar-refractivity contribution in [2.24, 2.45) is 0 Å². The molecule has 0 aromatic heterocycles. The first-order chi connectivity index (χ1) is 29.2. The lowest BCUT2D eigenvalue weighted by Gasteiger charge is -2.19. The van der Waals surface area contributed by atoms with Gasteiger partial charge in [-0.25, -0.2) is 0 Å². The van der Waals surface area contributed by atoms with Crippen molar-refractivity contribution >= 4 is 5.91 Å². The van der Waals surface area contributed by atoms with Gasteiger partial charge in [0.15, 0.2) is 0 Å². The Kier molecular flexibility index (Phi) is 47.9. The Hall–Kier alpha value is -2.43. The average molecular weight is 820 g/mol. The summed E-state index contributed by atoms with van der Waals surface area (Å²) in [6, 6.07) is -0.648. The number of hydrogen-bond acceptors (Lipinski definition) is 3. The molecule has 0 radical (unpaired) electrons. The molecule has 0 saturated carbocycles. The molecule has 0 aliphatic heterocycles. The van der Waals surface area contributed by atoms with Crippen molar-refractivity contribution in [2.45, 2.75) is 251 Å². The Bertz CT molecular complexity index is 1070. The van der Waals surface area contributed by atoms with Gasteiger partial charge >= 0.3 is 0 Å². The van der Waals surface area contributed by atoms with Crippen molar-refractivity contribution in [3.05, 3.63) is 85.1 Å². The number of unbranched alkanes of at least 4 members (excludes halogenated alkanes) is 26. The number of allylic oxidation sites excluding steroid dienone is 13. The highest BCUT2D eigenvalue weighted by Crippen LogP contribution is 2.15. The fraction of sp³-hybridized carbons (Fsp3) is 0.727. The van der Waals surface area contributed by atoms with E-state index in [-0.39, 0.29) is 12.5 Å². The molecule has 0 aromatic carbocycles. The van der Waals surface area contributed by atoms with E-state index in [0.29, 0.717) is 6.42 Å². The Labute approximate surface area is 367 Å². The molecule has 4 nitrogen and oxygen atoms in total. The third-order valence-electron chi connectivity index (χ3n) is 11.1. The summed E-state index contributed by atoms with van der Waals surface area (Å²) in [5.41, 5.74) is 0. The second kappa shape index (κ2) is 49.9. The minimum atomic E-state index is -0.870. The summed E-state index contributed by atoms with van der Waals surface area (Å²) in [5, 5.41) is 23.1. The molecule has 59 heavy (non-hydrogen) atoms. The number of nitrogens with one attached hydrogen (secondary N) is 1. The van der Waals surface area contributed by atoms with Crippen LogP contribution in [0.5, 0.6) is 0 Å². The number of rotatable bonds is 45. The van der Waals surface area contributed by atoms with E-state index in [0.717, 1.165) is 70.6 Å². The fourth-order valence-electron chi connectivity index (χ4n) is 7.28. The van der Waals surface area contributed by atoms with Gasteiger partial charge in [0.1, 0.15) is 0 Å². The summed E-state index contributed by atoms with van der Waals surface area (Å²) in [6.45, 7) is 4.19. The molecule has 4 heteroatoms. The quantitative estimate of drug-likeness (QED) is 0.0423. The number of hydrogen-bond donors (Lipinski definition) is 3. The summed E-state index contributed by atoms with van der Waals surface area (Å²) < 4.78 is 0. The standard InChI is InChI=1S/C55H97NO3/c1-3-5-7-9-11-13-15-17-19-21-23-25-27-28-29-31-33-35-37-39-41-43-45-47-49-51-55(59)56-53(52-57)54(58)50-48-46-44-42-40-38-36-34-32-30-26-24-22-20-18-16-14-12-10-8-6-4-2/h5,7,11,13,17,19,23,25,28-29,40,42,48,50,53-54,57-58H,3-4,6,8-10,12,14-16,18,20-22,24,26-27,30-39,41,43-47,49,51-52H2,1-2H3,(H,56,59)/b7-5-,13-11-,19-17-,25-23-,29-28-,42-40+,50-48+. The van der Waals surface area contributed by atoms with Gasteiger partial charge in [0.25, 0.3) is 0 Å². The predicted octanol–water partition coefficient (Wildman–Crippen LogP) is 16.4. The molecule has 1 amide bonds. The summed E-state index contributed by atoms with van der Waals surface area (Å²) in [7, 11) is 0. The second-order valence-corrected chi connectivity index (χ2v) is 16.8. The third kappa shape index (κ3) is 46.5. The second-order valence-electron chi connectivity index (χ2n) is 16.8. The van der Waals surface area contributed by atoms with E-state index < -0.39 is 12.1 Å². The van der Waals surface area contributed by atoms with E-state index in [1.807, 2.05) is 6.08 Å². The molecule has 2 atom stereocenters. The number of amides is 1. The van der Waals surface area contributed by atoms with Crippen LogP contribution in [0.15, 0.2) is 85.1 Å². The molecule has 3 N–H and O–H groups in total. The molecule has 0 saturated heterocycles. The van der Waals surface area contributed by atoms with Gasteiger partial charge in [0.05, 0.1) is 18.8 Å². The number of aliphatic hydroxyl groups is 2. The maximum atomic E-state index is 12.4. The average Bonchev–Trinajstić information content (AvgIpc) is 3.24. The number of carbonyl (C=O) groups excluding carboxylic acids is 1. The zero-order chi connectivity index (χ0) is 42.8. The summed E-state index contributed by atoms with van der Waals surface area (Å²) in [6.07, 6.45) is 72.8. The van der Waals surface area contributed by atoms with Crippen LogP contribution in [-0.4, -0.2) is 34.9 Å². The Morgan fingerprint density at radius 3 is 1.19 bits per heavy atom. The molecule has 0 aromatic rings. The van der Waals surface area contributed by atoms with Gasteiger partial charge in [-0.2, -0.15) is 0 Å². The third-order valence-corrected chi connectivity index (χ3v) is 11.1. The summed E-state index contributed by atoms with van der Waals surface area (Å²) >= 11 is 0. The van der Waals surface area contributed by atoms with Gasteiger partial charge in [-0.1, -0.05) is 240 Å². The Morgan fingerprint density at radius 2 is 0.763 bits per heavy atom. The van der Waals surface area contributed by atoms with Crippen LogP contribution in [0.3, 0.4) is 0 Å². The zero-order valence-corrected chi connectivity index (χ0v) is 39.0. The molecule has 340 valence electrons. The zero-order valence-electron chi connectivity index (χ0n) is 39.0. The highest BCUT2D eigenvalue weighted by Gasteiger charge is 2.17. The Morgan fingerprint density at radius 1 is 0.424 bits per heavy atom. The molecule has 0 aliphatic carbocycles. The predicted molar refractivity (Wildman–Crippen MR) is 262 cm³/mol. The molecule has 0 spiro atoms. The molecule has 0 bridgehead atoms. The van der Waals surface area contributed by atoms with E-state index in [4.69, 9.17) is 0 Å². The van der Waals surface area contributed by atoms with Gasteiger partial charge in [-0.3, -0.25) is 4.79 Å². The van der Waals surface area contributed by atoms with Gasteiger partial charge in [0, 0.05) is 6.42 Å². The van der Waals surface area contributed by atoms with Crippen LogP contribution in [0.1, 0.15) is 239 Å². The van der Waals surface area contributed by atoms with E-state index in [2.05, 4.69) is 92.1 Å². The molecule has 0 rings (SSSR count). The van der Waals surface area contributed by atoms with Crippen molar-refractivity contribution in [1.82, 2.24) is 5.32 Å². The monoisotopic (exact) mass is 820 g/mol. The minimum Gasteiger partial charge on any atom is -0.394 e. The first-order valence-electron chi connectivity index (χ1n) is 25.3. The maximum absolute atomic E-state index is 12.4. The highest BCUT2D eigenvalue weighted by molar-refractivity contribution is 5.76. The van der Waals surface area contributed by atoms with Crippen molar-refractivity contribution in [1.29, 1.82) is 0 Å². The highest BCUT2D eigenvalue weighted by atomic mass is 16.3. The normalized spacial score (nSPS) is 13.6. The molecule has 0 aliphatic rings. The summed E-state index contributed by atoms with van der Waals surface area (Å²) in [4.78, 5) is 12.4. The SMILES string of the molecule is CC/C=C\C/C=C\C/C=C\C/C=C\C/C=C\CCCCCCCCCCCC(=O)NC(CO)C(O)/C=C/CC/C=C/CCCCCCCCCCCCCCCCCC. The van der Waals surface area contributed by atoms with Crippen molar-refractivity contribution in [3.63, 3.8) is 0 Å². The largest absolute Gasteiger partial charge is 0.394 e. The molecular formula is C55H97NO3. The van der Waals surface area contributed by atoms with Gasteiger partial charge in [-0.05, 0) is 77.0 Å². The van der Waals surface area contributed by atoms with Crippen molar-refractivity contribution in [2.75, 3.05) is 6.61 Å². The van der Waals surface area contributed by atoms with E-state index >= 15 is 0 Å². The lowest BCUT2D eigenvalue weighted by atomic mass is 10.0. The van der Waals surface area contributed by atoms with E-state index in [1.54, 1.807) is 6.08 Å². The fourth-order valence-corrected chi connectivity index (χ4v) is 7.28. The van der Waals surface area contributed by atoms with Crippen molar-refractivity contribution in [3.8, 4) is 0 Å². The lowest BCUT2D eigenvalue weighted by Crippen LogP contribution is -2.45. The lowest BCUT2D eigenvalue weighted by molar-refractivity contribution is -0.123. The van der Waals surface area contributed by atoms with Gasteiger partial charge in [-0.15, -0.1) is 0 Å².